The van der Waals surface area contributed by atoms with Crippen LogP contribution in [0.1, 0.15) is 23.4 Å². The summed E-state index contributed by atoms with van der Waals surface area (Å²) in [5.41, 5.74) is 4.68. The van der Waals surface area contributed by atoms with Crippen molar-refractivity contribution in [3.8, 4) is 0 Å². The molecule has 0 saturated heterocycles. The Labute approximate surface area is 149 Å². The van der Waals surface area contributed by atoms with Gasteiger partial charge in [-0.2, -0.15) is 14.6 Å². The minimum atomic E-state index is 0.663. The molecular weight excluding hydrogens is 366 g/mol. The van der Waals surface area contributed by atoms with Crippen LogP contribution in [0.15, 0.2) is 47.2 Å². The second kappa shape index (κ2) is 6.45. The molecule has 5 nitrogen and oxygen atoms in total. The molecule has 1 aliphatic rings. The van der Waals surface area contributed by atoms with Gasteiger partial charge in [0.15, 0.2) is 0 Å². The van der Waals surface area contributed by atoms with E-state index in [0.29, 0.717) is 5.78 Å². The zero-order valence-corrected chi connectivity index (χ0v) is 15.1. The topological polar surface area (TPSA) is 46.3 Å². The van der Waals surface area contributed by atoms with E-state index in [0.717, 1.165) is 41.9 Å². The molecule has 0 radical (unpaired) electrons. The standard InChI is InChI=1S/C18H18BrN5/c1-13-9-17(24-18(22-13)20-12-21-24)15-3-2-8-23(11-15)10-14-4-6-16(19)7-5-14/h3-7,9,12H,2,8,10-11H2,1H3. The number of fused-ring (bicyclic) bond motifs is 1. The highest BCUT2D eigenvalue weighted by atomic mass is 79.9. The van der Waals surface area contributed by atoms with E-state index in [2.05, 4.69) is 72.3 Å². The summed E-state index contributed by atoms with van der Waals surface area (Å²) < 4.78 is 2.95. The normalized spacial score (nSPS) is 15.7. The Bertz CT molecular complexity index is 897. The molecule has 1 aromatic carbocycles. The number of hydrogen-bond acceptors (Lipinski definition) is 4. The summed E-state index contributed by atoms with van der Waals surface area (Å²) in [6.07, 6.45) is 4.92. The number of halogens is 1. The van der Waals surface area contributed by atoms with Crippen LogP contribution >= 0.6 is 15.9 Å². The summed E-state index contributed by atoms with van der Waals surface area (Å²) in [6, 6.07) is 10.6. The van der Waals surface area contributed by atoms with Crippen molar-refractivity contribution in [2.45, 2.75) is 19.9 Å². The summed E-state index contributed by atoms with van der Waals surface area (Å²) >= 11 is 3.49. The van der Waals surface area contributed by atoms with Crippen molar-refractivity contribution in [3.05, 3.63) is 64.2 Å². The van der Waals surface area contributed by atoms with Gasteiger partial charge < -0.3 is 0 Å². The summed E-state index contributed by atoms with van der Waals surface area (Å²) in [6.45, 7) is 4.94. The SMILES string of the molecule is Cc1cc(C2=CCCN(Cc3ccc(Br)cc3)C2)n2ncnc2n1. The minimum absolute atomic E-state index is 0.663. The van der Waals surface area contributed by atoms with E-state index in [9.17, 15) is 0 Å². The summed E-state index contributed by atoms with van der Waals surface area (Å²) in [4.78, 5) is 11.1. The molecule has 4 rings (SSSR count). The summed E-state index contributed by atoms with van der Waals surface area (Å²) in [5.74, 6) is 0.663. The Morgan fingerprint density at radius 1 is 1.21 bits per heavy atom. The van der Waals surface area contributed by atoms with Crippen molar-refractivity contribution in [3.63, 3.8) is 0 Å². The maximum atomic E-state index is 4.43. The molecule has 0 fully saturated rings. The first kappa shape index (κ1) is 15.5. The van der Waals surface area contributed by atoms with Crippen LogP contribution in [-0.2, 0) is 6.54 Å². The number of benzene rings is 1. The van der Waals surface area contributed by atoms with Crippen LogP contribution in [0.5, 0.6) is 0 Å². The van der Waals surface area contributed by atoms with Crippen molar-refractivity contribution in [1.29, 1.82) is 0 Å². The second-order valence-electron chi connectivity index (χ2n) is 6.11. The van der Waals surface area contributed by atoms with Crippen LogP contribution in [0.3, 0.4) is 0 Å². The van der Waals surface area contributed by atoms with Gasteiger partial charge in [-0.05, 0) is 42.7 Å². The molecule has 24 heavy (non-hydrogen) atoms. The van der Waals surface area contributed by atoms with E-state index in [-0.39, 0.29) is 0 Å². The molecule has 0 bridgehead atoms. The van der Waals surface area contributed by atoms with Crippen molar-refractivity contribution in [1.82, 2.24) is 24.5 Å². The Kier molecular flexibility index (Phi) is 4.16. The van der Waals surface area contributed by atoms with Crippen LogP contribution in [0.25, 0.3) is 11.4 Å². The van der Waals surface area contributed by atoms with Gasteiger partial charge in [-0.1, -0.05) is 34.1 Å². The molecule has 0 saturated carbocycles. The maximum absolute atomic E-state index is 4.43. The third-order valence-corrected chi connectivity index (χ3v) is 4.79. The molecule has 0 atom stereocenters. The lowest BCUT2D eigenvalue weighted by Gasteiger charge is -2.27. The summed E-state index contributed by atoms with van der Waals surface area (Å²) in [7, 11) is 0. The van der Waals surface area contributed by atoms with Crippen molar-refractivity contribution >= 4 is 27.3 Å². The molecule has 0 aliphatic carbocycles. The van der Waals surface area contributed by atoms with E-state index in [1.54, 1.807) is 6.33 Å². The molecule has 0 spiro atoms. The largest absolute Gasteiger partial charge is 0.294 e. The van der Waals surface area contributed by atoms with Crippen LogP contribution < -0.4 is 0 Å². The predicted octanol–water partition coefficient (Wildman–Crippen LogP) is 3.48. The maximum Gasteiger partial charge on any atom is 0.252 e. The number of aromatic nitrogens is 4. The number of hydrogen-bond donors (Lipinski definition) is 0. The average molecular weight is 384 g/mol. The molecule has 3 aromatic rings. The van der Waals surface area contributed by atoms with Crippen LogP contribution in [-0.4, -0.2) is 37.6 Å². The first-order valence-electron chi connectivity index (χ1n) is 8.02. The van der Waals surface area contributed by atoms with Gasteiger partial charge in [-0.15, -0.1) is 0 Å². The first-order chi connectivity index (χ1) is 11.7. The lowest BCUT2D eigenvalue weighted by Crippen LogP contribution is -2.29. The van der Waals surface area contributed by atoms with Crippen molar-refractivity contribution < 1.29 is 0 Å². The molecule has 0 unspecified atom stereocenters. The fourth-order valence-corrected chi connectivity index (χ4v) is 3.40. The third kappa shape index (κ3) is 3.12. The Morgan fingerprint density at radius 3 is 2.88 bits per heavy atom. The number of rotatable bonds is 3. The Hall–Kier alpha value is -2.05. The number of aryl methyl sites for hydroxylation is 1. The van der Waals surface area contributed by atoms with Gasteiger partial charge in [0.1, 0.15) is 6.33 Å². The van der Waals surface area contributed by atoms with E-state index < -0.39 is 0 Å². The monoisotopic (exact) mass is 383 g/mol. The summed E-state index contributed by atoms with van der Waals surface area (Å²) in [5, 5.41) is 4.33. The van der Waals surface area contributed by atoms with Crippen LogP contribution in [0.4, 0.5) is 0 Å². The van der Waals surface area contributed by atoms with Gasteiger partial charge in [0.05, 0.1) is 5.69 Å². The van der Waals surface area contributed by atoms with Gasteiger partial charge in [-0.3, -0.25) is 4.90 Å². The molecule has 0 N–H and O–H groups in total. The molecule has 0 amide bonds. The smallest absolute Gasteiger partial charge is 0.252 e. The van der Waals surface area contributed by atoms with Gasteiger partial charge in [0.25, 0.3) is 5.78 Å². The predicted molar refractivity (Wildman–Crippen MR) is 97.5 cm³/mol. The fourth-order valence-electron chi connectivity index (χ4n) is 3.13. The average Bonchev–Trinajstić information content (AvgIpc) is 3.05. The Morgan fingerprint density at radius 2 is 2.04 bits per heavy atom. The third-order valence-electron chi connectivity index (χ3n) is 4.26. The minimum Gasteiger partial charge on any atom is -0.294 e. The zero-order valence-electron chi connectivity index (χ0n) is 13.5. The van der Waals surface area contributed by atoms with E-state index >= 15 is 0 Å². The highest BCUT2D eigenvalue weighted by Gasteiger charge is 2.17. The molecule has 2 aromatic heterocycles. The Balaban J connectivity index is 1.59. The zero-order chi connectivity index (χ0) is 16.5. The second-order valence-corrected chi connectivity index (χ2v) is 7.03. The van der Waals surface area contributed by atoms with Crippen LogP contribution in [0, 0.1) is 6.92 Å². The lowest BCUT2D eigenvalue weighted by atomic mass is 10.0. The highest BCUT2D eigenvalue weighted by molar-refractivity contribution is 9.10. The molecule has 6 heteroatoms. The molecule has 1 aliphatic heterocycles. The van der Waals surface area contributed by atoms with E-state index in [1.807, 2.05) is 11.4 Å². The van der Waals surface area contributed by atoms with Crippen molar-refractivity contribution in [2.24, 2.45) is 0 Å². The van der Waals surface area contributed by atoms with E-state index in [1.165, 1.54) is 11.1 Å². The van der Waals surface area contributed by atoms with Gasteiger partial charge >= 0.3 is 0 Å². The first-order valence-corrected chi connectivity index (χ1v) is 8.82. The van der Waals surface area contributed by atoms with Gasteiger partial charge in [0.2, 0.25) is 0 Å². The molecule has 3 heterocycles. The lowest BCUT2D eigenvalue weighted by molar-refractivity contribution is 0.296. The van der Waals surface area contributed by atoms with Gasteiger partial charge in [0, 0.05) is 29.8 Å². The molecule has 122 valence electrons. The molecular formula is C18H18BrN5. The van der Waals surface area contributed by atoms with Crippen molar-refractivity contribution in [2.75, 3.05) is 13.1 Å². The van der Waals surface area contributed by atoms with Crippen LogP contribution in [0.2, 0.25) is 0 Å². The quantitative estimate of drug-likeness (QED) is 0.694. The van der Waals surface area contributed by atoms with E-state index in [4.69, 9.17) is 0 Å². The fraction of sp³-hybridized carbons (Fsp3) is 0.278. The highest BCUT2D eigenvalue weighted by Crippen LogP contribution is 2.23. The number of nitrogens with zero attached hydrogens (tertiary/aromatic N) is 5. The van der Waals surface area contributed by atoms with Gasteiger partial charge in [-0.25, -0.2) is 4.98 Å².